The molecule has 1 aliphatic rings. The summed E-state index contributed by atoms with van der Waals surface area (Å²) in [5, 5.41) is 18.8. The molecule has 9 heteroatoms. The predicted molar refractivity (Wildman–Crippen MR) is 85.0 cm³/mol. The number of hydrogen-bond donors (Lipinski definition) is 3. The van der Waals surface area contributed by atoms with Crippen molar-refractivity contribution in [2.24, 2.45) is 0 Å². The molecule has 1 aromatic carbocycles. The number of nitrogens with zero attached hydrogens (tertiary/aromatic N) is 1. The van der Waals surface area contributed by atoms with Gasteiger partial charge in [0, 0.05) is 17.2 Å². The molecule has 0 amide bonds. The van der Waals surface area contributed by atoms with E-state index >= 15 is 0 Å². The van der Waals surface area contributed by atoms with Gasteiger partial charge in [0.05, 0.1) is 17.4 Å². The summed E-state index contributed by atoms with van der Waals surface area (Å²) in [4.78, 5) is 25.8. The number of H-pyrrole nitrogens is 1. The predicted octanol–water partition coefficient (Wildman–Crippen LogP) is -1.04. The van der Waals surface area contributed by atoms with E-state index in [2.05, 4.69) is 4.98 Å². The maximum atomic E-state index is 12.9. The molecule has 1 unspecified atom stereocenters. The fourth-order valence-corrected chi connectivity index (χ4v) is 4.24. The lowest BCUT2D eigenvalue weighted by molar-refractivity contribution is -0.0457. The van der Waals surface area contributed by atoms with E-state index in [4.69, 9.17) is 4.74 Å². The van der Waals surface area contributed by atoms with Gasteiger partial charge in [-0.2, -0.15) is 0 Å². The summed E-state index contributed by atoms with van der Waals surface area (Å²) in [6, 6.07) is 9.60. The van der Waals surface area contributed by atoms with E-state index in [1.807, 2.05) is 0 Å². The summed E-state index contributed by atoms with van der Waals surface area (Å²) in [5.74, 6) is 0. The molecule has 5 atom stereocenters. The molecule has 128 valence electrons. The Bertz CT molecular complexity index is 849. The fraction of sp³-hybridized carbons (Fsp3) is 0.333. The van der Waals surface area contributed by atoms with Crippen LogP contribution in [0.3, 0.4) is 0 Å². The number of aromatic amines is 1. The summed E-state index contributed by atoms with van der Waals surface area (Å²) >= 11 is 0. The van der Waals surface area contributed by atoms with E-state index in [-0.39, 0.29) is 0 Å². The van der Waals surface area contributed by atoms with Crippen molar-refractivity contribution >= 4 is 10.8 Å². The molecule has 0 spiro atoms. The molecule has 3 rings (SSSR count). The maximum Gasteiger partial charge on any atom is 0.330 e. The van der Waals surface area contributed by atoms with Crippen molar-refractivity contribution in [3.63, 3.8) is 0 Å². The Labute approximate surface area is 138 Å². The first kappa shape index (κ1) is 16.8. The number of aliphatic hydroxyl groups excluding tert-OH is 2. The number of benzene rings is 1. The molecular weight excluding hydrogens is 336 g/mol. The van der Waals surface area contributed by atoms with Gasteiger partial charge in [-0.3, -0.25) is 18.6 Å². The first-order valence-corrected chi connectivity index (χ1v) is 8.45. The van der Waals surface area contributed by atoms with Crippen molar-refractivity contribution in [2.75, 3.05) is 6.61 Å². The molecule has 2 aromatic rings. The molecule has 0 bridgehead atoms. The Hall–Kier alpha value is -2.07. The second kappa shape index (κ2) is 6.81. The molecule has 3 N–H and O–H groups in total. The number of ether oxygens (including phenoxy) is 1. The second-order valence-electron chi connectivity index (χ2n) is 5.33. The molecule has 2 heterocycles. The average molecular weight is 352 g/mol. The Morgan fingerprint density at radius 1 is 1.21 bits per heavy atom. The minimum Gasteiger partial charge on any atom is -0.394 e. The van der Waals surface area contributed by atoms with Gasteiger partial charge in [-0.05, 0) is 12.1 Å². The molecule has 0 saturated carbocycles. The van der Waals surface area contributed by atoms with Gasteiger partial charge in [0.1, 0.15) is 17.5 Å². The summed E-state index contributed by atoms with van der Waals surface area (Å²) in [7, 11) is -1.69. The molecule has 1 aromatic heterocycles. The Balaban J connectivity index is 2.04. The molecular formula is C15H16N2O6S. The highest BCUT2D eigenvalue weighted by atomic mass is 32.2. The first-order valence-electron chi connectivity index (χ1n) is 7.24. The Morgan fingerprint density at radius 3 is 2.54 bits per heavy atom. The molecule has 1 fully saturated rings. The zero-order valence-electron chi connectivity index (χ0n) is 12.4. The standard InChI is InChI=1S/C15H16N2O6S/c18-8-10-12(20)13(24(22)9-4-2-1-3-5-9)14(23-10)17-7-6-11(19)16-15(17)21/h1-7,10,12-14,18,20H,8H2,(H,16,19,21)/t10-,12-,13-,14-,24?/m1/s1. The van der Waals surface area contributed by atoms with Crippen LogP contribution in [0.1, 0.15) is 6.23 Å². The monoisotopic (exact) mass is 352 g/mol. The number of rotatable bonds is 4. The van der Waals surface area contributed by atoms with Crippen LogP contribution in [-0.4, -0.2) is 48.0 Å². The van der Waals surface area contributed by atoms with Crippen LogP contribution in [0.15, 0.2) is 57.1 Å². The van der Waals surface area contributed by atoms with Gasteiger partial charge >= 0.3 is 5.69 Å². The van der Waals surface area contributed by atoms with Crippen molar-refractivity contribution < 1.29 is 19.2 Å². The zero-order chi connectivity index (χ0) is 17.3. The van der Waals surface area contributed by atoms with Gasteiger partial charge < -0.3 is 14.9 Å². The van der Waals surface area contributed by atoms with Gasteiger partial charge in [-0.1, -0.05) is 18.2 Å². The third kappa shape index (κ3) is 2.98. The van der Waals surface area contributed by atoms with Gasteiger partial charge in [0.25, 0.3) is 5.56 Å². The SMILES string of the molecule is O=c1ccn([C@@H]2O[C@H](CO)[C@@H](O)[C@H]2S(=O)c2ccccc2)c(=O)[nH]1. The third-order valence-corrected chi connectivity index (χ3v) is 5.58. The van der Waals surface area contributed by atoms with Crippen LogP contribution in [0.5, 0.6) is 0 Å². The Kier molecular flexibility index (Phi) is 4.76. The number of aromatic nitrogens is 2. The number of aliphatic hydroxyl groups is 2. The Morgan fingerprint density at radius 2 is 1.92 bits per heavy atom. The van der Waals surface area contributed by atoms with E-state index in [0.717, 1.165) is 10.6 Å². The fourth-order valence-electron chi connectivity index (χ4n) is 2.66. The van der Waals surface area contributed by atoms with Crippen LogP contribution in [0, 0.1) is 0 Å². The number of hydrogen-bond acceptors (Lipinski definition) is 6. The minimum atomic E-state index is -1.69. The van der Waals surface area contributed by atoms with Gasteiger partial charge in [-0.25, -0.2) is 4.79 Å². The lowest BCUT2D eigenvalue weighted by atomic mass is 10.2. The summed E-state index contributed by atoms with van der Waals surface area (Å²) < 4.78 is 19.5. The minimum absolute atomic E-state index is 0.464. The summed E-state index contributed by atoms with van der Waals surface area (Å²) in [6.45, 7) is -0.488. The molecule has 1 saturated heterocycles. The van der Waals surface area contributed by atoms with Gasteiger partial charge in [0.15, 0.2) is 6.23 Å². The van der Waals surface area contributed by atoms with Crippen molar-refractivity contribution in [3.05, 3.63) is 63.4 Å². The van der Waals surface area contributed by atoms with Crippen molar-refractivity contribution in [1.82, 2.24) is 9.55 Å². The highest BCUT2D eigenvalue weighted by Gasteiger charge is 2.48. The molecule has 0 radical (unpaired) electrons. The summed E-state index contributed by atoms with van der Waals surface area (Å²) in [6.07, 6.45) is -2.08. The molecule has 24 heavy (non-hydrogen) atoms. The average Bonchev–Trinajstić information content (AvgIpc) is 2.91. The molecule has 0 aliphatic carbocycles. The van der Waals surface area contributed by atoms with E-state index < -0.39 is 52.3 Å². The van der Waals surface area contributed by atoms with E-state index in [0.29, 0.717) is 4.90 Å². The van der Waals surface area contributed by atoms with Crippen LogP contribution in [-0.2, 0) is 15.5 Å². The molecule has 8 nitrogen and oxygen atoms in total. The third-order valence-electron chi connectivity index (χ3n) is 3.84. The highest BCUT2D eigenvalue weighted by molar-refractivity contribution is 7.85. The van der Waals surface area contributed by atoms with Gasteiger partial charge in [-0.15, -0.1) is 0 Å². The maximum absolute atomic E-state index is 12.9. The van der Waals surface area contributed by atoms with Gasteiger partial charge in [0.2, 0.25) is 0 Å². The lowest BCUT2D eigenvalue weighted by Gasteiger charge is -2.21. The van der Waals surface area contributed by atoms with Crippen molar-refractivity contribution in [2.45, 2.75) is 28.6 Å². The second-order valence-corrected chi connectivity index (χ2v) is 6.94. The van der Waals surface area contributed by atoms with Crippen LogP contribution < -0.4 is 11.2 Å². The smallest absolute Gasteiger partial charge is 0.330 e. The van der Waals surface area contributed by atoms with E-state index in [1.54, 1.807) is 30.3 Å². The van der Waals surface area contributed by atoms with Crippen LogP contribution in [0.4, 0.5) is 0 Å². The van der Waals surface area contributed by atoms with Crippen LogP contribution in [0.25, 0.3) is 0 Å². The van der Waals surface area contributed by atoms with Crippen molar-refractivity contribution in [3.8, 4) is 0 Å². The van der Waals surface area contributed by atoms with Crippen LogP contribution >= 0.6 is 0 Å². The quantitative estimate of drug-likeness (QED) is 0.646. The lowest BCUT2D eigenvalue weighted by Crippen LogP contribution is -2.40. The van der Waals surface area contributed by atoms with Crippen molar-refractivity contribution in [1.29, 1.82) is 0 Å². The largest absolute Gasteiger partial charge is 0.394 e. The van der Waals surface area contributed by atoms with E-state index in [9.17, 15) is 24.0 Å². The number of nitrogens with one attached hydrogen (secondary N) is 1. The van der Waals surface area contributed by atoms with Crippen LogP contribution in [0.2, 0.25) is 0 Å². The zero-order valence-corrected chi connectivity index (χ0v) is 13.3. The highest BCUT2D eigenvalue weighted by Crippen LogP contribution is 2.34. The molecule has 1 aliphatic heterocycles. The summed E-state index contributed by atoms with van der Waals surface area (Å²) in [5.41, 5.74) is -1.32. The normalized spacial score (nSPS) is 27.9. The van der Waals surface area contributed by atoms with E-state index in [1.165, 1.54) is 6.20 Å². The topological polar surface area (TPSA) is 122 Å². The first-order chi connectivity index (χ1) is 11.5.